The van der Waals surface area contributed by atoms with E-state index in [1.54, 1.807) is 22.7 Å². The summed E-state index contributed by atoms with van der Waals surface area (Å²) >= 11 is 3.22. The quantitative estimate of drug-likeness (QED) is 0.729. The van der Waals surface area contributed by atoms with Crippen LogP contribution >= 0.6 is 22.7 Å². The van der Waals surface area contributed by atoms with Crippen LogP contribution in [0.25, 0.3) is 10.6 Å². The Morgan fingerprint density at radius 2 is 1.92 bits per heavy atom. The van der Waals surface area contributed by atoms with Crippen LogP contribution in [0.4, 0.5) is 5.13 Å². The van der Waals surface area contributed by atoms with Gasteiger partial charge in [-0.05, 0) is 32.6 Å². The molecule has 1 aromatic carbocycles. The van der Waals surface area contributed by atoms with Crippen molar-refractivity contribution in [3.63, 3.8) is 0 Å². The smallest absolute Gasteiger partial charge is 0.231 e. The maximum Gasteiger partial charge on any atom is 0.231 e. The van der Waals surface area contributed by atoms with E-state index in [2.05, 4.69) is 15.3 Å². The molecular weight excluding hydrogens is 350 g/mol. The predicted molar refractivity (Wildman–Crippen MR) is 103 cm³/mol. The van der Waals surface area contributed by atoms with E-state index in [9.17, 15) is 4.79 Å². The average molecular weight is 370 g/mol. The largest absolute Gasteiger partial charge is 0.302 e. The Kier molecular flexibility index (Phi) is 4.63. The lowest BCUT2D eigenvalue weighted by Gasteiger charge is -2.06. The van der Waals surface area contributed by atoms with Gasteiger partial charge in [0.1, 0.15) is 5.01 Å². The number of nitrogens with one attached hydrogen (secondary N) is 1. The second kappa shape index (κ2) is 7.06. The van der Waals surface area contributed by atoms with Crippen LogP contribution in [0.3, 0.4) is 0 Å². The number of rotatable bonds is 4. The Labute approximate surface area is 155 Å². The van der Waals surface area contributed by atoms with Gasteiger partial charge in [-0.3, -0.25) is 4.79 Å². The predicted octanol–water partition coefficient (Wildman–Crippen LogP) is 4.64. The van der Waals surface area contributed by atoms with Gasteiger partial charge in [0.05, 0.1) is 17.8 Å². The van der Waals surface area contributed by atoms with E-state index in [4.69, 9.17) is 0 Å². The Balaban J connectivity index is 1.46. The van der Waals surface area contributed by atoms with Crippen LogP contribution in [0.15, 0.2) is 30.3 Å². The van der Waals surface area contributed by atoms with E-state index in [-0.39, 0.29) is 5.91 Å². The van der Waals surface area contributed by atoms with Gasteiger partial charge in [0.2, 0.25) is 5.91 Å². The molecule has 4 rings (SSSR count). The third kappa shape index (κ3) is 3.65. The van der Waals surface area contributed by atoms with Gasteiger partial charge in [0.15, 0.2) is 5.13 Å². The normalized spacial score (nSPS) is 13.5. The fourth-order valence-corrected chi connectivity index (χ4v) is 5.14. The van der Waals surface area contributed by atoms with E-state index in [0.717, 1.165) is 39.1 Å². The molecule has 0 bridgehead atoms. The minimum Gasteiger partial charge on any atom is -0.302 e. The van der Waals surface area contributed by atoms with Crippen molar-refractivity contribution in [1.82, 2.24) is 9.97 Å². The van der Waals surface area contributed by atoms with Crippen LogP contribution in [-0.4, -0.2) is 15.9 Å². The summed E-state index contributed by atoms with van der Waals surface area (Å²) in [6.45, 7) is 1.97. The van der Waals surface area contributed by atoms with Gasteiger partial charge in [-0.1, -0.05) is 30.3 Å². The lowest BCUT2D eigenvalue weighted by atomic mass is 10.0. The van der Waals surface area contributed by atoms with E-state index in [1.807, 2.05) is 37.3 Å². The number of anilines is 1. The number of fused-ring (bicyclic) bond motifs is 1. The number of hydrogen-bond donors (Lipinski definition) is 1. The standard InChI is InChI=1S/C19H19N3OS2/c1-12-16(24-18(20-12)13-7-3-2-4-8-13)11-17(23)22-19-21-14-9-5-6-10-15(14)25-19/h2-4,7-8H,5-6,9-11H2,1H3,(H,21,22,23). The molecule has 0 unspecified atom stereocenters. The molecule has 3 aromatic rings. The lowest BCUT2D eigenvalue weighted by molar-refractivity contribution is -0.115. The van der Waals surface area contributed by atoms with E-state index < -0.39 is 0 Å². The van der Waals surface area contributed by atoms with E-state index >= 15 is 0 Å². The molecule has 0 spiro atoms. The van der Waals surface area contributed by atoms with E-state index in [1.165, 1.54) is 23.4 Å². The summed E-state index contributed by atoms with van der Waals surface area (Å²) < 4.78 is 0. The molecule has 0 atom stereocenters. The summed E-state index contributed by atoms with van der Waals surface area (Å²) in [6.07, 6.45) is 4.91. The zero-order chi connectivity index (χ0) is 17.2. The van der Waals surface area contributed by atoms with Gasteiger partial charge in [-0.15, -0.1) is 22.7 Å². The number of nitrogens with zero attached hydrogens (tertiary/aromatic N) is 2. The Hall–Kier alpha value is -2.05. The molecule has 0 fully saturated rings. The van der Waals surface area contributed by atoms with Crippen molar-refractivity contribution in [2.75, 3.05) is 5.32 Å². The average Bonchev–Trinajstić information content (AvgIpc) is 3.18. The molecule has 1 N–H and O–H groups in total. The Bertz CT molecular complexity index is 875. The summed E-state index contributed by atoms with van der Waals surface area (Å²) in [5.74, 6) is -0.0162. The van der Waals surface area contributed by atoms with Gasteiger partial charge < -0.3 is 5.32 Å². The van der Waals surface area contributed by atoms with Crippen LogP contribution in [0.5, 0.6) is 0 Å². The molecule has 1 aliphatic rings. The summed E-state index contributed by atoms with van der Waals surface area (Å²) in [5.41, 5.74) is 3.19. The topological polar surface area (TPSA) is 54.9 Å². The summed E-state index contributed by atoms with van der Waals surface area (Å²) in [7, 11) is 0. The summed E-state index contributed by atoms with van der Waals surface area (Å²) in [4.78, 5) is 24.0. The molecule has 0 saturated heterocycles. The first-order valence-electron chi connectivity index (χ1n) is 8.49. The highest BCUT2D eigenvalue weighted by Gasteiger charge is 2.18. The molecule has 4 nitrogen and oxygen atoms in total. The molecule has 25 heavy (non-hydrogen) atoms. The SMILES string of the molecule is Cc1nc(-c2ccccc2)sc1CC(=O)Nc1nc2c(s1)CCCC2. The third-order valence-electron chi connectivity index (χ3n) is 4.33. The molecule has 0 saturated carbocycles. The number of carbonyl (C=O) groups is 1. The highest BCUT2D eigenvalue weighted by molar-refractivity contribution is 7.16. The number of carbonyl (C=O) groups excluding carboxylic acids is 1. The second-order valence-corrected chi connectivity index (χ2v) is 8.38. The van der Waals surface area contributed by atoms with Gasteiger partial charge in [-0.25, -0.2) is 9.97 Å². The minimum absolute atomic E-state index is 0.0162. The number of benzene rings is 1. The van der Waals surface area contributed by atoms with Crippen molar-refractivity contribution < 1.29 is 4.79 Å². The van der Waals surface area contributed by atoms with Crippen molar-refractivity contribution in [3.8, 4) is 10.6 Å². The Morgan fingerprint density at radius 1 is 1.12 bits per heavy atom. The fraction of sp³-hybridized carbons (Fsp3) is 0.316. The van der Waals surface area contributed by atoms with Crippen LogP contribution in [0.2, 0.25) is 0 Å². The minimum atomic E-state index is -0.0162. The van der Waals surface area contributed by atoms with Crippen molar-refractivity contribution >= 4 is 33.7 Å². The van der Waals surface area contributed by atoms with Crippen molar-refractivity contribution in [2.45, 2.75) is 39.0 Å². The van der Waals surface area contributed by atoms with Crippen LogP contribution in [-0.2, 0) is 24.1 Å². The summed E-state index contributed by atoms with van der Waals surface area (Å²) in [5, 5.41) is 4.67. The van der Waals surface area contributed by atoms with Crippen molar-refractivity contribution in [3.05, 3.63) is 51.5 Å². The molecule has 0 radical (unpaired) electrons. The van der Waals surface area contributed by atoms with Gasteiger partial charge in [0, 0.05) is 15.3 Å². The second-order valence-electron chi connectivity index (χ2n) is 6.21. The molecule has 2 aromatic heterocycles. The molecule has 1 amide bonds. The van der Waals surface area contributed by atoms with Crippen LogP contribution in [0, 0.1) is 6.92 Å². The van der Waals surface area contributed by atoms with Crippen LogP contribution < -0.4 is 5.32 Å². The molecule has 6 heteroatoms. The lowest BCUT2D eigenvalue weighted by Crippen LogP contribution is -2.14. The maximum atomic E-state index is 12.4. The van der Waals surface area contributed by atoms with Gasteiger partial charge in [-0.2, -0.15) is 0 Å². The number of hydrogen-bond acceptors (Lipinski definition) is 5. The first-order valence-corrected chi connectivity index (χ1v) is 10.1. The van der Waals surface area contributed by atoms with E-state index in [0.29, 0.717) is 6.42 Å². The number of amides is 1. The maximum absolute atomic E-state index is 12.4. The van der Waals surface area contributed by atoms with Crippen LogP contribution in [0.1, 0.15) is 34.0 Å². The number of aryl methyl sites for hydroxylation is 3. The highest BCUT2D eigenvalue weighted by atomic mass is 32.1. The number of thiazole rings is 2. The molecule has 0 aliphatic heterocycles. The molecule has 1 aliphatic carbocycles. The van der Waals surface area contributed by atoms with Crippen molar-refractivity contribution in [2.24, 2.45) is 0 Å². The van der Waals surface area contributed by atoms with Gasteiger partial charge >= 0.3 is 0 Å². The van der Waals surface area contributed by atoms with Crippen molar-refractivity contribution in [1.29, 1.82) is 0 Å². The molecule has 128 valence electrons. The van der Waals surface area contributed by atoms with Gasteiger partial charge in [0.25, 0.3) is 0 Å². The third-order valence-corrected chi connectivity index (χ3v) is 6.61. The fourth-order valence-electron chi connectivity index (χ4n) is 3.01. The summed E-state index contributed by atoms with van der Waals surface area (Å²) in [6, 6.07) is 10.1. The highest BCUT2D eigenvalue weighted by Crippen LogP contribution is 2.31. The first-order chi connectivity index (χ1) is 12.2. The number of aromatic nitrogens is 2. The monoisotopic (exact) mass is 369 g/mol. The zero-order valence-electron chi connectivity index (χ0n) is 14.0. The molecular formula is C19H19N3OS2. The first kappa shape index (κ1) is 16.4. The Morgan fingerprint density at radius 3 is 2.72 bits per heavy atom. The zero-order valence-corrected chi connectivity index (χ0v) is 15.7. The molecule has 2 heterocycles.